The van der Waals surface area contributed by atoms with Gasteiger partial charge in [0.15, 0.2) is 0 Å². The van der Waals surface area contributed by atoms with Crippen molar-refractivity contribution < 1.29 is 22.3 Å². The maximum atomic E-state index is 12.8. The van der Waals surface area contributed by atoms with E-state index in [4.69, 9.17) is 4.74 Å². The maximum Gasteiger partial charge on any atom is 0.241 e. The standard InChI is InChI=1S/C15H15FN2O4S/c1-22-14-5-3-2-4-13(14)18-15(19)10-17-23(20,21)12-8-6-11(16)7-9-12/h2-9,17H,10H2,1H3,(H,18,19). The van der Waals surface area contributed by atoms with Gasteiger partial charge in [-0.25, -0.2) is 17.5 Å². The van der Waals surface area contributed by atoms with E-state index >= 15 is 0 Å². The van der Waals surface area contributed by atoms with Crippen LogP contribution in [0.5, 0.6) is 5.75 Å². The van der Waals surface area contributed by atoms with E-state index in [1.165, 1.54) is 7.11 Å². The summed E-state index contributed by atoms with van der Waals surface area (Å²) in [7, 11) is -2.43. The van der Waals surface area contributed by atoms with Gasteiger partial charge in [-0.3, -0.25) is 4.79 Å². The summed E-state index contributed by atoms with van der Waals surface area (Å²) in [5.74, 6) is -0.639. The molecule has 0 radical (unpaired) electrons. The molecule has 0 saturated heterocycles. The average molecular weight is 338 g/mol. The lowest BCUT2D eigenvalue weighted by atomic mass is 10.3. The quantitative estimate of drug-likeness (QED) is 0.840. The topological polar surface area (TPSA) is 84.5 Å². The first kappa shape index (κ1) is 16.9. The first-order valence-electron chi connectivity index (χ1n) is 6.60. The third-order valence-electron chi connectivity index (χ3n) is 2.93. The van der Waals surface area contributed by atoms with Gasteiger partial charge in [-0.05, 0) is 36.4 Å². The van der Waals surface area contributed by atoms with Crippen LogP contribution in [0.4, 0.5) is 10.1 Å². The van der Waals surface area contributed by atoms with E-state index in [1.54, 1.807) is 24.3 Å². The van der Waals surface area contributed by atoms with Gasteiger partial charge < -0.3 is 10.1 Å². The molecule has 2 aromatic carbocycles. The van der Waals surface area contributed by atoms with Gasteiger partial charge in [-0.15, -0.1) is 0 Å². The normalized spacial score (nSPS) is 11.0. The minimum Gasteiger partial charge on any atom is -0.495 e. The fourth-order valence-electron chi connectivity index (χ4n) is 1.80. The van der Waals surface area contributed by atoms with Crippen LogP contribution >= 0.6 is 0 Å². The third-order valence-corrected chi connectivity index (χ3v) is 4.34. The Bertz CT molecular complexity index is 791. The molecule has 0 atom stereocenters. The summed E-state index contributed by atoms with van der Waals surface area (Å²) < 4.78 is 44.0. The van der Waals surface area contributed by atoms with Gasteiger partial charge in [-0.1, -0.05) is 12.1 Å². The number of benzene rings is 2. The van der Waals surface area contributed by atoms with Crippen molar-refractivity contribution in [2.75, 3.05) is 19.0 Å². The van der Waals surface area contributed by atoms with Crippen LogP contribution in [0.2, 0.25) is 0 Å². The highest BCUT2D eigenvalue weighted by Gasteiger charge is 2.16. The first-order chi connectivity index (χ1) is 10.9. The lowest BCUT2D eigenvalue weighted by Gasteiger charge is -2.10. The molecule has 0 aromatic heterocycles. The molecule has 0 unspecified atom stereocenters. The Kier molecular flexibility index (Phi) is 5.30. The van der Waals surface area contributed by atoms with Gasteiger partial charge in [0.1, 0.15) is 11.6 Å². The lowest BCUT2D eigenvalue weighted by molar-refractivity contribution is -0.115. The summed E-state index contributed by atoms with van der Waals surface area (Å²) in [5.41, 5.74) is 0.431. The number of nitrogens with one attached hydrogen (secondary N) is 2. The van der Waals surface area contributed by atoms with Crippen LogP contribution in [-0.2, 0) is 14.8 Å². The third kappa shape index (κ3) is 4.51. The van der Waals surface area contributed by atoms with Crippen molar-refractivity contribution in [2.45, 2.75) is 4.90 Å². The second-order valence-electron chi connectivity index (χ2n) is 4.53. The number of sulfonamides is 1. The number of rotatable bonds is 6. The number of ether oxygens (including phenoxy) is 1. The summed E-state index contributed by atoms with van der Waals surface area (Å²) in [4.78, 5) is 11.7. The Morgan fingerprint density at radius 1 is 1.13 bits per heavy atom. The number of anilines is 1. The average Bonchev–Trinajstić information content (AvgIpc) is 2.54. The Hall–Kier alpha value is -2.45. The summed E-state index contributed by atoms with van der Waals surface area (Å²) in [6.07, 6.45) is 0. The maximum absolute atomic E-state index is 12.8. The molecule has 6 nitrogen and oxygen atoms in total. The molecular formula is C15H15FN2O4S. The number of para-hydroxylation sites is 2. The van der Waals surface area contributed by atoms with E-state index in [9.17, 15) is 17.6 Å². The van der Waals surface area contributed by atoms with E-state index in [1.807, 2.05) is 0 Å². The number of carbonyl (C=O) groups excluding carboxylic acids is 1. The largest absolute Gasteiger partial charge is 0.495 e. The van der Waals surface area contributed by atoms with Crippen molar-refractivity contribution in [1.82, 2.24) is 4.72 Å². The van der Waals surface area contributed by atoms with Crippen LogP contribution < -0.4 is 14.8 Å². The minimum atomic E-state index is -3.89. The summed E-state index contributed by atoms with van der Waals surface area (Å²) in [6, 6.07) is 11.1. The molecule has 0 spiro atoms. The number of hydrogen-bond donors (Lipinski definition) is 2. The molecule has 0 saturated carbocycles. The van der Waals surface area contributed by atoms with Gasteiger partial charge in [-0.2, -0.15) is 0 Å². The minimum absolute atomic E-state index is 0.121. The van der Waals surface area contributed by atoms with Crippen LogP contribution in [-0.4, -0.2) is 28.0 Å². The molecule has 23 heavy (non-hydrogen) atoms. The molecule has 1 amide bonds. The van der Waals surface area contributed by atoms with E-state index < -0.39 is 28.3 Å². The van der Waals surface area contributed by atoms with E-state index in [0.717, 1.165) is 24.3 Å². The SMILES string of the molecule is COc1ccccc1NC(=O)CNS(=O)(=O)c1ccc(F)cc1. The second-order valence-corrected chi connectivity index (χ2v) is 6.29. The van der Waals surface area contributed by atoms with Crippen molar-refractivity contribution in [3.8, 4) is 5.75 Å². The van der Waals surface area contributed by atoms with Gasteiger partial charge in [0, 0.05) is 0 Å². The van der Waals surface area contributed by atoms with Gasteiger partial charge in [0.05, 0.1) is 24.2 Å². The Morgan fingerprint density at radius 2 is 1.78 bits per heavy atom. The Morgan fingerprint density at radius 3 is 2.43 bits per heavy atom. The monoisotopic (exact) mass is 338 g/mol. The van der Waals surface area contributed by atoms with Crippen LogP contribution in [0.1, 0.15) is 0 Å². The molecule has 0 fully saturated rings. The Balaban J connectivity index is 2.00. The second kappa shape index (κ2) is 7.21. The Labute approximate surface area is 133 Å². The zero-order chi connectivity index (χ0) is 16.9. The molecule has 0 aliphatic carbocycles. The molecule has 0 heterocycles. The highest BCUT2D eigenvalue weighted by Crippen LogP contribution is 2.22. The molecule has 0 aliphatic heterocycles. The predicted molar refractivity (Wildman–Crippen MR) is 83.2 cm³/mol. The van der Waals surface area contributed by atoms with Crippen LogP contribution in [0.3, 0.4) is 0 Å². The molecule has 8 heteroatoms. The molecule has 122 valence electrons. The summed E-state index contributed by atoms with van der Waals surface area (Å²) in [6.45, 7) is -0.461. The van der Waals surface area contributed by atoms with Gasteiger partial charge >= 0.3 is 0 Å². The zero-order valence-corrected chi connectivity index (χ0v) is 13.1. The predicted octanol–water partition coefficient (Wildman–Crippen LogP) is 1.75. The molecule has 0 aliphatic rings. The molecular weight excluding hydrogens is 323 g/mol. The lowest BCUT2D eigenvalue weighted by Crippen LogP contribution is -2.33. The summed E-state index contributed by atoms with van der Waals surface area (Å²) in [5, 5.41) is 2.54. The van der Waals surface area contributed by atoms with Crippen LogP contribution in [0, 0.1) is 5.82 Å². The number of methoxy groups -OCH3 is 1. The number of hydrogen-bond acceptors (Lipinski definition) is 4. The van der Waals surface area contributed by atoms with Crippen LogP contribution in [0.15, 0.2) is 53.4 Å². The van der Waals surface area contributed by atoms with Crippen molar-refractivity contribution in [3.05, 3.63) is 54.3 Å². The number of carbonyl (C=O) groups is 1. The van der Waals surface area contributed by atoms with E-state index in [-0.39, 0.29) is 4.90 Å². The fourth-order valence-corrected chi connectivity index (χ4v) is 2.78. The van der Waals surface area contributed by atoms with Crippen molar-refractivity contribution >= 4 is 21.6 Å². The van der Waals surface area contributed by atoms with Crippen molar-refractivity contribution in [2.24, 2.45) is 0 Å². The molecule has 2 rings (SSSR count). The molecule has 2 N–H and O–H groups in total. The van der Waals surface area contributed by atoms with Crippen molar-refractivity contribution in [3.63, 3.8) is 0 Å². The zero-order valence-electron chi connectivity index (χ0n) is 12.2. The highest BCUT2D eigenvalue weighted by atomic mass is 32.2. The molecule has 2 aromatic rings. The van der Waals surface area contributed by atoms with Gasteiger partial charge in [0.2, 0.25) is 15.9 Å². The van der Waals surface area contributed by atoms with Crippen LogP contribution in [0.25, 0.3) is 0 Å². The van der Waals surface area contributed by atoms with E-state index in [0.29, 0.717) is 11.4 Å². The van der Waals surface area contributed by atoms with E-state index in [2.05, 4.69) is 10.0 Å². The summed E-state index contributed by atoms with van der Waals surface area (Å²) >= 11 is 0. The number of halogens is 1. The fraction of sp³-hybridized carbons (Fsp3) is 0.133. The first-order valence-corrected chi connectivity index (χ1v) is 8.09. The highest BCUT2D eigenvalue weighted by molar-refractivity contribution is 7.89. The molecule has 0 bridgehead atoms. The smallest absolute Gasteiger partial charge is 0.241 e. The van der Waals surface area contributed by atoms with Gasteiger partial charge in [0.25, 0.3) is 0 Å². The number of amides is 1. The van der Waals surface area contributed by atoms with Crippen molar-refractivity contribution in [1.29, 1.82) is 0 Å².